The number of rotatable bonds is 6. The van der Waals surface area contributed by atoms with Gasteiger partial charge < -0.3 is 20.3 Å². The molecule has 0 aromatic carbocycles. The van der Waals surface area contributed by atoms with Crippen LogP contribution in [0.15, 0.2) is 0 Å². The first-order valence-corrected chi connectivity index (χ1v) is 6.37. The number of thiocarbonyl (C=S) groups is 1. The summed E-state index contributed by atoms with van der Waals surface area (Å²) >= 11 is 5.18. The van der Waals surface area contributed by atoms with Crippen LogP contribution in [-0.2, 0) is 4.74 Å². The quantitative estimate of drug-likeness (QED) is 0.529. The van der Waals surface area contributed by atoms with Gasteiger partial charge in [0, 0.05) is 19.7 Å². The summed E-state index contributed by atoms with van der Waals surface area (Å²) in [6.45, 7) is 3.74. The van der Waals surface area contributed by atoms with Crippen molar-refractivity contribution in [2.75, 3.05) is 40.3 Å². The van der Waals surface area contributed by atoms with E-state index in [1.165, 1.54) is 6.42 Å². The highest BCUT2D eigenvalue weighted by Crippen LogP contribution is 2.10. The standard InChI is InChI=1S/C11H23N3OS/c1-14(2)7-4-6-12-11(16)13-9-10-5-3-8-15-10/h10H,3-9H2,1-2H3,(H2,12,13,16). The largest absolute Gasteiger partial charge is 0.376 e. The first-order chi connectivity index (χ1) is 7.68. The minimum Gasteiger partial charge on any atom is -0.376 e. The molecular weight excluding hydrogens is 222 g/mol. The second-order valence-corrected chi connectivity index (χ2v) is 4.84. The molecule has 2 N–H and O–H groups in total. The maximum atomic E-state index is 5.50. The zero-order valence-corrected chi connectivity index (χ0v) is 11.1. The summed E-state index contributed by atoms with van der Waals surface area (Å²) in [6, 6.07) is 0. The van der Waals surface area contributed by atoms with Crippen molar-refractivity contribution in [2.45, 2.75) is 25.4 Å². The van der Waals surface area contributed by atoms with Gasteiger partial charge in [-0.3, -0.25) is 0 Å². The number of ether oxygens (including phenoxy) is 1. The fraction of sp³-hybridized carbons (Fsp3) is 0.909. The Morgan fingerprint density at radius 1 is 1.44 bits per heavy atom. The zero-order chi connectivity index (χ0) is 11.8. The summed E-state index contributed by atoms with van der Waals surface area (Å²) < 4.78 is 5.50. The van der Waals surface area contributed by atoms with Crippen LogP contribution < -0.4 is 10.6 Å². The van der Waals surface area contributed by atoms with Gasteiger partial charge in [0.05, 0.1) is 6.10 Å². The van der Waals surface area contributed by atoms with Gasteiger partial charge in [-0.15, -0.1) is 0 Å². The molecule has 1 heterocycles. The molecule has 1 unspecified atom stereocenters. The average molecular weight is 245 g/mol. The van der Waals surface area contributed by atoms with Gasteiger partial charge in [0.15, 0.2) is 5.11 Å². The third-order valence-corrected chi connectivity index (χ3v) is 2.87. The highest BCUT2D eigenvalue weighted by molar-refractivity contribution is 7.80. The molecule has 0 aromatic heterocycles. The summed E-state index contributed by atoms with van der Waals surface area (Å²) in [5, 5.41) is 7.14. The van der Waals surface area contributed by atoms with Crippen molar-refractivity contribution in [1.29, 1.82) is 0 Å². The third-order valence-electron chi connectivity index (χ3n) is 2.58. The molecule has 16 heavy (non-hydrogen) atoms. The highest BCUT2D eigenvalue weighted by Gasteiger charge is 2.14. The van der Waals surface area contributed by atoms with E-state index in [1.54, 1.807) is 0 Å². The van der Waals surface area contributed by atoms with E-state index in [4.69, 9.17) is 17.0 Å². The Hall–Kier alpha value is -0.390. The molecule has 94 valence electrons. The van der Waals surface area contributed by atoms with E-state index in [-0.39, 0.29) is 0 Å². The van der Waals surface area contributed by atoms with Crippen molar-refractivity contribution in [3.8, 4) is 0 Å². The molecule has 0 saturated carbocycles. The van der Waals surface area contributed by atoms with Crippen LogP contribution in [0.3, 0.4) is 0 Å². The second kappa shape index (κ2) is 7.81. The van der Waals surface area contributed by atoms with Gasteiger partial charge in [-0.25, -0.2) is 0 Å². The molecular formula is C11H23N3OS. The fourth-order valence-corrected chi connectivity index (χ4v) is 1.86. The van der Waals surface area contributed by atoms with E-state index in [2.05, 4.69) is 29.6 Å². The van der Waals surface area contributed by atoms with E-state index in [0.29, 0.717) is 6.10 Å². The Balaban J connectivity index is 1.94. The van der Waals surface area contributed by atoms with E-state index in [9.17, 15) is 0 Å². The highest BCUT2D eigenvalue weighted by atomic mass is 32.1. The molecule has 1 rings (SSSR count). The number of hydrogen-bond donors (Lipinski definition) is 2. The van der Waals surface area contributed by atoms with E-state index in [1.807, 2.05) is 0 Å². The predicted molar refractivity (Wildman–Crippen MR) is 70.7 cm³/mol. The number of nitrogens with zero attached hydrogens (tertiary/aromatic N) is 1. The molecule has 0 aromatic rings. The van der Waals surface area contributed by atoms with Gasteiger partial charge in [0.25, 0.3) is 0 Å². The van der Waals surface area contributed by atoms with Crippen LogP contribution in [0.1, 0.15) is 19.3 Å². The van der Waals surface area contributed by atoms with E-state index >= 15 is 0 Å². The van der Waals surface area contributed by atoms with Crippen LogP contribution in [0.2, 0.25) is 0 Å². The molecule has 4 nitrogen and oxygen atoms in total. The first kappa shape index (κ1) is 13.7. The lowest BCUT2D eigenvalue weighted by Crippen LogP contribution is -2.40. The maximum Gasteiger partial charge on any atom is 0.166 e. The van der Waals surface area contributed by atoms with Gasteiger partial charge in [0.1, 0.15) is 0 Å². The van der Waals surface area contributed by atoms with Crippen molar-refractivity contribution in [3.05, 3.63) is 0 Å². The van der Waals surface area contributed by atoms with Crippen molar-refractivity contribution < 1.29 is 4.74 Å². The summed E-state index contributed by atoms with van der Waals surface area (Å²) in [5.41, 5.74) is 0. The molecule has 1 fully saturated rings. The lowest BCUT2D eigenvalue weighted by atomic mass is 10.2. The van der Waals surface area contributed by atoms with Gasteiger partial charge in [-0.05, 0) is 52.1 Å². The van der Waals surface area contributed by atoms with Crippen LogP contribution in [0.4, 0.5) is 0 Å². The fourth-order valence-electron chi connectivity index (χ4n) is 1.67. The van der Waals surface area contributed by atoms with Crippen LogP contribution in [0.5, 0.6) is 0 Å². The maximum absolute atomic E-state index is 5.50. The van der Waals surface area contributed by atoms with E-state index < -0.39 is 0 Å². The smallest absolute Gasteiger partial charge is 0.166 e. The van der Waals surface area contributed by atoms with Gasteiger partial charge in [0.2, 0.25) is 0 Å². The minimum absolute atomic E-state index is 0.349. The topological polar surface area (TPSA) is 36.5 Å². The molecule has 0 radical (unpaired) electrons. The predicted octanol–water partition coefficient (Wildman–Crippen LogP) is 0.581. The molecule has 1 saturated heterocycles. The lowest BCUT2D eigenvalue weighted by molar-refractivity contribution is 0.114. The van der Waals surface area contributed by atoms with E-state index in [0.717, 1.165) is 44.2 Å². The van der Waals surface area contributed by atoms with Crippen LogP contribution in [0.25, 0.3) is 0 Å². The molecule has 0 aliphatic carbocycles. The van der Waals surface area contributed by atoms with Crippen LogP contribution >= 0.6 is 12.2 Å². The number of hydrogen-bond acceptors (Lipinski definition) is 3. The van der Waals surface area contributed by atoms with Crippen LogP contribution in [-0.4, -0.2) is 56.5 Å². The average Bonchev–Trinajstić information content (AvgIpc) is 2.74. The molecule has 0 spiro atoms. The Morgan fingerprint density at radius 3 is 2.88 bits per heavy atom. The Labute approximate surface area is 104 Å². The third kappa shape index (κ3) is 6.25. The first-order valence-electron chi connectivity index (χ1n) is 5.96. The summed E-state index contributed by atoms with van der Waals surface area (Å²) in [4.78, 5) is 2.17. The van der Waals surface area contributed by atoms with Gasteiger partial charge >= 0.3 is 0 Å². The Kier molecular flexibility index (Phi) is 6.68. The van der Waals surface area contributed by atoms with Gasteiger partial charge in [-0.1, -0.05) is 0 Å². The van der Waals surface area contributed by atoms with Crippen molar-refractivity contribution in [1.82, 2.24) is 15.5 Å². The molecule has 5 heteroatoms. The zero-order valence-electron chi connectivity index (χ0n) is 10.3. The molecule has 1 aliphatic heterocycles. The Morgan fingerprint density at radius 2 is 2.25 bits per heavy atom. The van der Waals surface area contributed by atoms with Crippen molar-refractivity contribution in [3.63, 3.8) is 0 Å². The molecule has 0 amide bonds. The van der Waals surface area contributed by atoms with Crippen molar-refractivity contribution in [2.24, 2.45) is 0 Å². The van der Waals surface area contributed by atoms with Crippen molar-refractivity contribution >= 4 is 17.3 Å². The molecule has 1 atom stereocenters. The van der Waals surface area contributed by atoms with Crippen LogP contribution in [0, 0.1) is 0 Å². The molecule has 1 aliphatic rings. The second-order valence-electron chi connectivity index (χ2n) is 4.43. The lowest BCUT2D eigenvalue weighted by Gasteiger charge is -2.14. The van der Waals surface area contributed by atoms with Gasteiger partial charge in [-0.2, -0.15) is 0 Å². The molecule has 0 bridgehead atoms. The summed E-state index contributed by atoms with van der Waals surface area (Å²) in [6.07, 6.45) is 3.78. The summed E-state index contributed by atoms with van der Waals surface area (Å²) in [5.74, 6) is 0. The monoisotopic (exact) mass is 245 g/mol. The Bertz CT molecular complexity index is 205. The summed E-state index contributed by atoms with van der Waals surface area (Å²) in [7, 11) is 4.15. The number of nitrogens with one attached hydrogen (secondary N) is 2. The minimum atomic E-state index is 0.349. The normalized spacial score (nSPS) is 20.1. The SMILES string of the molecule is CN(C)CCCNC(=S)NCC1CCCO1.